The van der Waals surface area contributed by atoms with Crippen molar-refractivity contribution < 1.29 is 9.21 Å². The van der Waals surface area contributed by atoms with Crippen molar-refractivity contribution >= 4 is 17.9 Å². The fourth-order valence-corrected chi connectivity index (χ4v) is 1.70. The Bertz CT molecular complexity index is 623. The summed E-state index contributed by atoms with van der Waals surface area (Å²) in [5.74, 6) is 0.686. The Balaban J connectivity index is 2.62. The first-order valence-corrected chi connectivity index (χ1v) is 5.29. The molecule has 0 aliphatic carbocycles. The largest absolute Gasteiger partial charge is 0.453 e. The number of benzene rings is 1. The van der Waals surface area contributed by atoms with Crippen molar-refractivity contribution in [3.63, 3.8) is 0 Å². The number of carbonyl (C=O) groups excluding carboxylic acids is 1. The van der Waals surface area contributed by atoms with Crippen LogP contribution in [0.15, 0.2) is 28.7 Å². The highest BCUT2D eigenvalue weighted by Crippen LogP contribution is 2.30. The van der Waals surface area contributed by atoms with Crippen molar-refractivity contribution in [2.75, 3.05) is 0 Å². The summed E-state index contributed by atoms with van der Waals surface area (Å²) in [5.41, 5.74) is 1.89. The summed E-state index contributed by atoms with van der Waals surface area (Å²) >= 11 is 6.01. The van der Waals surface area contributed by atoms with Gasteiger partial charge in [-0.2, -0.15) is 5.26 Å². The minimum Gasteiger partial charge on any atom is -0.453 e. The molecule has 0 aliphatic heterocycles. The zero-order chi connectivity index (χ0) is 12.4. The number of carbonyl (C=O) groups is 1. The number of aldehydes is 1. The number of furan rings is 1. The van der Waals surface area contributed by atoms with Gasteiger partial charge in [0.1, 0.15) is 5.76 Å². The third-order valence-corrected chi connectivity index (χ3v) is 2.83. The van der Waals surface area contributed by atoms with Gasteiger partial charge in [-0.05, 0) is 36.8 Å². The van der Waals surface area contributed by atoms with Gasteiger partial charge in [0.05, 0.1) is 11.6 Å². The second-order valence-electron chi connectivity index (χ2n) is 3.58. The smallest absolute Gasteiger partial charge is 0.185 e. The number of rotatable bonds is 2. The SMILES string of the molecule is Cc1cc(C#N)c(-c2ccc(C=O)o2)cc1Cl. The first kappa shape index (κ1) is 11.4. The molecule has 17 heavy (non-hydrogen) atoms. The van der Waals surface area contributed by atoms with E-state index >= 15 is 0 Å². The van der Waals surface area contributed by atoms with E-state index in [2.05, 4.69) is 6.07 Å². The molecule has 2 aromatic rings. The number of nitrogens with zero attached hydrogens (tertiary/aromatic N) is 1. The Hall–Kier alpha value is -2.05. The van der Waals surface area contributed by atoms with E-state index in [4.69, 9.17) is 21.3 Å². The fraction of sp³-hybridized carbons (Fsp3) is 0.0769. The highest BCUT2D eigenvalue weighted by atomic mass is 35.5. The first-order chi connectivity index (χ1) is 8.15. The highest BCUT2D eigenvalue weighted by molar-refractivity contribution is 6.31. The van der Waals surface area contributed by atoms with Crippen LogP contribution in [0.1, 0.15) is 21.7 Å². The predicted octanol–water partition coefficient (Wildman–Crippen LogP) is 3.59. The standard InChI is InChI=1S/C13H8ClNO2/c1-8-4-9(6-15)11(5-12(8)14)13-3-2-10(7-16)17-13/h2-5,7H,1H3. The van der Waals surface area contributed by atoms with Gasteiger partial charge in [-0.1, -0.05) is 11.6 Å². The van der Waals surface area contributed by atoms with Crippen LogP contribution < -0.4 is 0 Å². The topological polar surface area (TPSA) is 54.0 Å². The van der Waals surface area contributed by atoms with Crippen LogP contribution in [0.4, 0.5) is 0 Å². The van der Waals surface area contributed by atoms with Gasteiger partial charge in [-0.25, -0.2) is 0 Å². The average Bonchev–Trinajstić information content (AvgIpc) is 2.80. The van der Waals surface area contributed by atoms with Crippen molar-refractivity contribution in [1.82, 2.24) is 0 Å². The van der Waals surface area contributed by atoms with Crippen LogP contribution in [0.3, 0.4) is 0 Å². The summed E-state index contributed by atoms with van der Waals surface area (Å²) in [7, 11) is 0. The predicted molar refractivity (Wildman–Crippen MR) is 64.0 cm³/mol. The molecular formula is C13H8ClNO2. The maximum absolute atomic E-state index is 10.5. The Morgan fingerprint density at radius 1 is 1.41 bits per heavy atom. The van der Waals surface area contributed by atoms with E-state index < -0.39 is 0 Å². The van der Waals surface area contributed by atoms with Crippen molar-refractivity contribution in [2.24, 2.45) is 0 Å². The van der Waals surface area contributed by atoms with Crippen LogP contribution in [0.2, 0.25) is 5.02 Å². The van der Waals surface area contributed by atoms with Gasteiger partial charge in [0.2, 0.25) is 0 Å². The lowest BCUT2D eigenvalue weighted by Gasteiger charge is -2.04. The summed E-state index contributed by atoms with van der Waals surface area (Å²) in [6.07, 6.45) is 0.616. The van der Waals surface area contributed by atoms with E-state index in [9.17, 15) is 4.79 Å². The van der Waals surface area contributed by atoms with Gasteiger partial charge in [-0.3, -0.25) is 4.79 Å². The number of nitriles is 1. The van der Waals surface area contributed by atoms with Gasteiger partial charge < -0.3 is 4.42 Å². The molecule has 0 atom stereocenters. The molecule has 0 fully saturated rings. The van der Waals surface area contributed by atoms with E-state index in [1.54, 1.807) is 24.3 Å². The lowest BCUT2D eigenvalue weighted by Crippen LogP contribution is -1.86. The Kier molecular flexibility index (Phi) is 2.99. The molecule has 3 nitrogen and oxygen atoms in total. The van der Waals surface area contributed by atoms with Gasteiger partial charge >= 0.3 is 0 Å². The van der Waals surface area contributed by atoms with Crippen molar-refractivity contribution in [3.8, 4) is 17.4 Å². The fourth-order valence-electron chi connectivity index (χ4n) is 1.54. The van der Waals surface area contributed by atoms with Crippen molar-refractivity contribution in [3.05, 3.63) is 46.2 Å². The molecule has 0 amide bonds. The van der Waals surface area contributed by atoms with E-state index in [1.807, 2.05) is 6.92 Å². The van der Waals surface area contributed by atoms with E-state index in [-0.39, 0.29) is 5.76 Å². The van der Waals surface area contributed by atoms with Crippen molar-refractivity contribution in [1.29, 1.82) is 5.26 Å². The molecular weight excluding hydrogens is 238 g/mol. The van der Waals surface area contributed by atoms with Gasteiger partial charge in [-0.15, -0.1) is 0 Å². The molecule has 0 N–H and O–H groups in total. The van der Waals surface area contributed by atoms with E-state index in [1.165, 1.54) is 0 Å². The minimum absolute atomic E-state index is 0.223. The minimum atomic E-state index is 0.223. The van der Waals surface area contributed by atoms with Crippen LogP contribution in [-0.2, 0) is 0 Å². The van der Waals surface area contributed by atoms with Gasteiger partial charge in [0.25, 0.3) is 0 Å². The Labute approximate surface area is 103 Å². The molecule has 1 heterocycles. The average molecular weight is 246 g/mol. The third-order valence-electron chi connectivity index (χ3n) is 2.43. The lowest BCUT2D eigenvalue weighted by atomic mass is 10.0. The molecule has 0 unspecified atom stereocenters. The molecule has 0 spiro atoms. The molecule has 1 aromatic carbocycles. The number of hydrogen-bond donors (Lipinski definition) is 0. The molecule has 0 saturated heterocycles. The second-order valence-corrected chi connectivity index (χ2v) is 3.99. The van der Waals surface area contributed by atoms with Crippen LogP contribution in [0.5, 0.6) is 0 Å². The quantitative estimate of drug-likeness (QED) is 0.760. The Morgan fingerprint density at radius 3 is 2.76 bits per heavy atom. The maximum atomic E-state index is 10.5. The van der Waals surface area contributed by atoms with Crippen LogP contribution in [-0.4, -0.2) is 6.29 Å². The maximum Gasteiger partial charge on any atom is 0.185 e. The van der Waals surface area contributed by atoms with Crippen molar-refractivity contribution in [2.45, 2.75) is 6.92 Å². The molecule has 84 valence electrons. The highest BCUT2D eigenvalue weighted by Gasteiger charge is 2.11. The molecule has 1 aromatic heterocycles. The summed E-state index contributed by atoms with van der Waals surface area (Å²) in [6.45, 7) is 1.83. The van der Waals surface area contributed by atoms with Gasteiger partial charge in [0, 0.05) is 10.6 Å². The summed E-state index contributed by atoms with van der Waals surface area (Å²) < 4.78 is 5.28. The third kappa shape index (κ3) is 2.08. The number of hydrogen-bond acceptors (Lipinski definition) is 3. The zero-order valence-electron chi connectivity index (χ0n) is 9.03. The second kappa shape index (κ2) is 4.44. The summed E-state index contributed by atoms with van der Waals surface area (Å²) in [5, 5.41) is 9.61. The monoisotopic (exact) mass is 245 g/mol. The molecule has 0 radical (unpaired) electrons. The molecule has 0 saturated carbocycles. The number of halogens is 1. The summed E-state index contributed by atoms with van der Waals surface area (Å²) in [4.78, 5) is 10.5. The van der Waals surface area contributed by atoms with Crippen LogP contribution in [0.25, 0.3) is 11.3 Å². The summed E-state index contributed by atoms with van der Waals surface area (Å²) in [6, 6.07) is 8.64. The van der Waals surface area contributed by atoms with Crippen LogP contribution >= 0.6 is 11.6 Å². The van der Waals surface area contributed by atoms with Gasteiger partial charge in [0.15, 0.2) is 12.0 Å². The Morgan fingerprint density at radius 2 is 2.18 bits per heavy atom. The normalized spacial score (nSPS) is 9.94. The molecule has 2 rings (SSSR count). The molecule has 0 aliphatic rings. The lowest BCUT2D eigenvalue weighted by molar-refractivity contribution is 0.110. The van der Waals surface area contributed by atoms with E-state index in [0.29, 0.717) is 28.2 Å². The van der Waals surface area contributed by atoms with Crippen LogP contribution in [0, 0.1) is 18.3 Å². The number of aryl methyl sites for hydroxylation is 1. The molecule has 4 heteroatoms. The zero-order valence-corrected chi connectivity index (χ0v) is 9.78. The van der Waals surface area contributed by atoms with E-state index in [0.717, 1.165) is 5.56 Å². The molecule has 0 bridgehead atoms. The first-order valence-electron chi connectivity index (χ1n) is 4.91.